The normalized spacial score (nSPS) is 11.5. The molecular weight excluding hydrogens is 266 g/mol. The van der Waals surface area contributed by atoms with E-state index in [0.717, 1.165) is 0 Å². The van der Waals surface area contributed by atoms with Crippen molar-refractivity contribution in [3.8, 4) is 0 Å². The van der Waals surface area contributed by atoms with E-state index in [0.29, 0.717) is 25.2 Å². The number of aryl methyl sites for hydroxylation is 2. The summed E-state index contributed by atoms with van der Waals surface area (Å²) in [6, 6.07) is 0. The fraction of sp³-hybridized carbons (Fsp3) is 0.556. The molecule has 17 heavy (non-hydrogen) atoms. The van der Waals surface area contributed by atoms with Crippen molar-refractivity contribution in [2.75, 3.05) is 7.05 Å². The van der Waals surface area contributed by atoms with E-state index < -0.39 is 9.05 Å². The van der Waals surface area contributed by atoms with E-state index in [1.54, 1.807) is 18.5 Å². The van der Waals surface area contributed by atoms with Gasteiger partial charge in [0.15, 0.2) is 5.03 Å². The Morgan fingerprint density at radius 3 is 2.71 bits per heavy atom. The van der Waals surface area contributed by atoms with Crippen LogP contribution >= 0.6 is 10.7 Å². The Morgan fingerprint density at radius 2 is 2.24 bits per heavy atom. The lowest BCUT2D eigenvalue weighted by Crippen LogP contribution is -2.17. The van der Waals surface area contributed by atoms with Gasteiger partial charge in [-0.15, -0.1) is 0 Å². The number of carbonyl (C=O) groups excluding carboxylic acids is 1. The third kappa shape index (κ3) is 4.01. The van der Waals surface area contributed by atoms with Crippen LogP contribution in [0.25, 0.3) is 0 Å². The molecule has 0 fully saturated rings. The Kier molecular flexibility index (Phi) is 4.53. The van der Waals surface area contributed by atoms with Crippen LogP contribution in [-0.2, 0) is 20.4 Å². The predicted octanol–water partition coefficient (Wildman–Crippen LogP) is 0.645. The van der Waals surface area contributed by atoms with Crippen LogP contribution in [0.2, 0.25) is 0 Å². The molecule has 1 heterocycles. The second-order valence-electron chi connectivity index (χ2n) is 3.53. The van der Waals surface area contributed by atoms with Crippen molar-refractivity contribution in [2.45, 2.75) is 31.3 Å². The zero-order valence-corrected chi connectivity index (χ0v) is 11.2. The number of carbonyl (C=O) groups is 1. The summed E-state index contributed by atoms with van der Waals surface area (Å²) < 4.78 is 23.8. The number of imidazole rings is 1. The van der Waals surface area contributed by atoms with Crippen molar-refractivity contribution < 1.29 is 13.2 Å². The summed E-state index contributed by atoms with van der Waals surface area (Å²) in [4.78, 5) is 14.8. The second-order valence-corrected chi connectivity index (χ2v) is 6.05. The SMILES string of the molecule is CNC(=O)CCCn1cc(S(=O)(=O)Cl)nc1C. The van der Waals surface area contributed by atoms with Crippen LogP contribution in [0.1, 0.15) is 18.7 Å². The lowest BCUT2D eigenvalue weighted by atomic mass is 10.3. The largest absolute Gasteiger partial charge is 0.359 e. The van der Waals surface area contributed by atoms with E-state index in [1.165, 1.54) is 6.20 Å². The summed E-state index contributed by atoms with van der Waals surface area (Å²) in [5, 5.41) is 2.36. The minimum absolute atomic E-state index is 0.0482. The minimum atomic E-state index is -3.79. The first-order chi connectivity index (χ1) is 7.84. The lowest BCUT2D eigenvalue weighted by Gasteiger charge is -2.03. The van der Waals surface area contributed by atoms with Gasteiger partial charge in [0.05, 0.1) is 0 Å². The average molecular weight is 280 g/mol. The lowest BCUT2D eigenvalue weighted by molar-refractivity contribution is -0.120. The summed E-state index contributed by atoms with van der Waals surface area (Å²) in [5.74, 6) is 0.508. The molecule has 0 unspecified atom stereocenters. The topological polar surface area (TPSA) is 81.1 Å². The number of nitrogens with one attached hydrogen (secondary N) is 1. The number of halogens is 1. The average Bonchev–Trinajstić information content (AvgIpc) is 2.60. The number of hydrogen-bond acceptors (Lipinski definition) is 4. The monoisotopic (exact) mass is 279 g/mol. The fourth-order valence-electron chi connectivity index (χ4n) is 1.36. The van der Waals surface area contributed by atoms with Crippen LogP contribution in [0.4, 0.5) is 0 Å². The van der Waals surface area contributed by atoms with Crippen molar-refractivity contribution >= 4 is 25.6 Å². The molecule has 96 valence electrons. The van der Waals surface area contributed by atoms with E-state index in [1.807, 2.05) is 0 Å². The highest BCUT2D eigenvalue weighted by Gasteiger charge is 2.15. The molecule has 0 radical (unpaired) electrons. The Hall–Kier alpha value is -1.08. The molecule has 0 aromatic carbocycles. The van der Waals surface area contributed by atoms with Gasteiger partial charge in [-0.3, -0.25) is 4.79 Å². The maximum atomic E-state index is 11.1. The molecule has 1 aromatic heterocycles. The van der Waals surface area contributed by atoms with Gasteiger partial charge < -0.3 is 9.88 Å². The van der Waals surface area contributed by atoms with Gasteiger partial charge >= 0.3 is 0 Å². The predicted molar refractivity (Wildman–Crippen MR) is 63.3 cm³/mol. The number of amides is 1. The van der Waals surface area contributed by atoms with Gasteiger partial charge in [0.1, 0.15) is 5.82 Å². The van der Waals surface area contributed by atoms with Crippen LogP contribution < -0.4 is 5.32 Å². The van der Waals surface area contributed by atoms with E-state index in [9.17, 15) is 13.2 Å². The molecule has 1 N–H and O–H groups in total. The van der Waals surface area contributed by atoms with Crippen LogP contribution in [0.5, 0.6) is 0 Å². The molecule has 1 rings (SSSR count). The summed E-state index contributed by atoms with van der Waals surface area (Å²) in [5.41, 5.74) is 0. The molecule has 0 aliphatic rings. The highest BCUT2D eigenvalue weighted by Crippen LogP contribution is 2.14. The Balaban J connectivity index is 2.67. The minimum Gasteiger partial charge on any atom is -0.359 e. The van der Waals surface area contributed by atoms with Crippen molar-refractivity contribution in [1.29, 1.82) is 0 Å². The first-order valence-electron chi connectivity index (χ1n) is 5.03. The zero-order valence-electron chi connectivity index (χ0n) is 9.60. The highest BCUT2D eigenvalue weighted by atomic mass is 35.7. The molecule has 0 aliphatic carbocycles. The first kappa shape index (κ1) is 14.0. The van der Waals surface area contributed by atoms with E-state index in [2.05, 4.69) is 10.3 Å². The molecule has 0 spiro atoms. The third-order valence-corrected chi connectivity index (χ3v) is 3.46. The maximum absolute atomic E-state index is 11.1. The van der Waals surface area contributed by atoms with E-state index >= 15 is 0 Å². The van der Waals surface area contributed by atoms with Gasteiger partial charge in [0.2, 0.25) is 5.91 Å². The molecule has 8 heteroatoms. The molecule has 0 atom stereocenters. The Labute approximate surface area is 104 Å². The fourth-order valence-corrected chi connectivity index (χ4v) is 2.08. The first-order valence-corrected chi connectivity index (χ1v) is 7.34. The highest BCUT2D eigenvalue weighted by molar-refractivity contribution is 8.13. The molecule has 6 nitrogen and oxygen atoms in total. The van der Waals surface area contributed by atoms with Crippen LogP contribution in [0.3, 0.4) is 0 Å². The molecule has 1 amide bonds. The summed E-state index contributed by atoms with van der Waals surface area (Å²) in [7, 11) is 2.97. The molecule has 0 aliphatic heterocycles. The maximum Gasteiger partial charge on any atom is 0.280 e. The summed E-state index contributed by atoms with van der Waals surface area (Å²) >= 11 is 0. The quantitative estimate of drug-likeness (QED) is 0.802. The van der Waals surface area contributed by atoms with E-state index in [4.69, 9.17) is 10.7 Å². The van der Waals surface area contributed by atoms with Gasteiger partial charge in [-0.1, -0.05) is 0 Å². The van der Waals surface area contributed by atoms with E-state index in [-0.39, 0.29) is 10.9 Å². The Bertz CT molecular complexity index is 510. The smallest absolute Gasteiger partial charge is 0.280 e. The van der Waals surface area contributed by atoms with Crippen molar-refractivity contribution in [1.82, 2.24) is 14.9 Å². The third-order valence-electron chi connectivity index (χ3n) is 2.29. The summed E-state index contributed by atoms with van der Waals surface area (Å²) in [6.07, 6.45) is 2.37. The number of rotatable bonds is 5. The zero-order chi connectivity index (χ0) is 13.1. The number of aromatic nitrogens is 2. The van der Waals surface area contributed by atoms with Crippen LogP contribution in [0, 0.1) is 6.92 Å². The van der Waals surface area contributed by atoms with Gasteiger partial charge in [-0.2, -0.15) is 0 Å². The van der Waals surface area contributed by atoms with Crippen molar-refractivity contribution in [2.24, 2.45) is 0 Å². The van der Waals surface area contributed by atoms with Gasteiger partial charge in [0, 0.05) is 36.9 Å². The molecule has 0 saturated carbocycles. The van der Waals surface area contributed by atoms with Crippen LogP contribution in [-0.4, -0.2) is 30.9 Å². The number of nitrogens with zero attached hydrogens (tertiary/aromatic N) is 2. The molecular formula is C9H14ClN3O3S. The molecule has 0 bridgehead atoms. The van der Waals surface area contributed by atoms with Crippen molar-refractivity contribution in [3.63, 3.8) is 0 Å². The van der Waals surface area contributed by atoms with Crippen molar-refractivity contribution in [3.05, 3.63) is 12.0 Å². The molecule has 1 aromatic rings. The van der Waals surface area contributed by atoms with Gasteiger partial charge in [0.25, 0.3) is 9.05 Å². The molecule has 0 saturated heterocycles. The Morgan fingerprint density at radius 1 is 1.59 bits per heavy atom. The standard InChI is InChI=1S/C9H14ClN3O3S/c1-7-12-9(17(10,15)16)6-13(7)5-3-4-8(14)11-2/h6H,3-5H2,1-2H3,(H,11,14). The van der Waals surface area contributed by atoms with Gasteiger partial charge in [-0.25, -0.2) is 13.4 Å². The van der Waals surface area contributed by atoms with Crippen LogP contribution in [0.15, 0.2) is 11.2 Å². The number of hydrogen-bond donors (Lipinski definition) is 1. The second kappa shape index (κ2) is 5.50. The van der Waals surface area contributed by atoms with Gasteiger partial charge in [-0.05, 0) is 13.3 Å². The summed E-state index contributed by atoms with van der Waals surface area (Å²) in [6.45, 7) is 2.21.